The molecule has 0 spiro atoms. The average molecular weight is 540 g/mol. The maximum atomic E-state index is 13.1. The Morgan fingerprint density at radius 3 is 2.62 bits per heavy atom. The van der Waals surface area contributed by atoms with Gasteiger partial charge in [-0.15, -0.1) is 11.3 Å². The molecule has 1 unspecified atom stereocenters. The molecule has 2 N–H and O–H groups in total. The van der Waals surface area contributed by atoms with E-state index in [1.807, 2.05) is 56.4 Å². The van der Waals surface area contributed by atoms with Crippen LogP contribution in [-0.2, 0) is 24.9 Å². The summed E-state index contributed by atoms with van der Waals surface area (Å²) in [7, 11) is 1.81. The van der Waals surface area contributed by atoms with Crippen molar-refractivity contribution >= 4 is 44.7 Å². The molecule has 4 rings (SSSR count). The van der Waals surface area contributed by atoms with Crippen molar-refractivity contribution in [2.24, 2.45) is 7.05 Å². The highest BCUT2D eigenvalue weighted by Gasteiger charge is 2.17. The van der Waals surface area contributed by atoms with Crippen molar-refractivity contribution in [2.75, 3.05) is 24.6 Å². The van der Waals surface area contributed by atoms with Crippen LogP contribution in [0.1, 0.15) is 27.7 Å². The summed E-state index contributed by atoms with van der Waals surface area (Å²) in [5.74, 6) is -0.427. The number of likely N-dealkylation sites (N-methyl/N-ethyl adjacent to an activating group) is 1. The standard InChI is InChI=1S/C28H30ClN3O4S/c1-3-32(21-7-5-4-6-8-21)15-22(33)17-36-18-23-13-24-26(34)25(16-31(2)28(24)37-23)27(35)30-14-19-9-11-20(29)12-10-19/h4-13,16,22,33H,3,14-15,17-18H2,1-2H3,(H,30,35). The lowest BCUT2D eigenvalue weighted by atomic mass is 10.2. The minimum absolute atomic E-state index is 0.0882. The Labute approximate surface area is 224 Å². The maximum absolute atomic E-state index is 13.1. The van der Waals surface area contributed by atoms with Gasteiger partial charge in [0.25, 0.3) is 5.91 Å². The van der Waals surface area contributed by atoms with Crippen LogP contribution < -0.4 is 15.6 Å². The van der Waals surface area contributed by atoms with Gasteiger partial charge in [-0.1, -0.05) is 41.9 Å². The Hall–Kier alpha value is -3.17. The molecule has 1 amide bonds. The highest BCUT2D eigenvalue weighted by Crippen LogP contribution is 2.24. The number of rotatable bonds is 11. The number of halogens is 1. The van der Waals surface area contributed by atoms with Crippen molar-refractivity contribution in [3.63, 3.8) is 0 Å². The van der Waals surface area contributed by atoms with Crippen molar-refractivity contribution in [3.05, 3.63) is 98.1 Å². The van der Waals surface area contributed by atoms with Gasteiger partial charge in [-0.25, -0.2) is 0 Å². The third kappa shape index (κ3) is 6.78. The normalized spacial score (nSPS) is 12.0. The van der Waals surface area contributed by atoms with Crippen LogP contribution in [0, 0.1) is 0 Å². The molecule has 0 saturated heterocycles. The quantitative estimate of drug-likeness (QED) is 0.291. The number of carbonyl (C=O) groups excluding carboxylic acids is 1. The molecule has 2 heterocycles. The van der Waals surface area contributed by atoms with Crippen LogP contribution in [-0.4, -0.2) is 41.4 Å². The number of carbonyl (C=O) groups is 1. The monoisotopic (exact) mass is 539 g/mol. The number of hydrogen-bond donors (Lipinski definition) is 2. The van der Waals surface area contributed by atoms with Crippen LogP contribution >= 0.6 is 22.9 Å². The number of thiophene rings is 1. The number of ether oxygens (including phenoxy) is 1. The molecule has 0 saturated carbocycles. The summed E-state index contributed by atoms with van der Waals surface area (Å²) in [6.45, 7) is 4.01. The van der Waals surface area contributed by atoms with E-state index in [4.69, 9.17) is 16.3 Å². The van der Waals surface area contributed by atoms with Crippen LogP contribution in [0.3, 0.4) is 0 Å². The first-order valence-corrected chi connectivity index (χ1v) is 13.3. The number of nitrogens with one attached hydrogen (secondary N) is 1. The van der Waals surface area contributed by atoms with Crippen LogP contribution in [0.25, 0.3) is 10.2 Å². The van der Waals surface area contributed by atoms with Gasteiger partial charge in [0.15, 0.2) is 0 Å². The first-order valence-electron chi connectivity index (χ1n) is 12.1. The molecule has 0 bridgehead atoms. The molecule has 0 fully saturated rings. The summed E-state index contributed by atoms with van der Waals surface area (Å²) in [6, 6.07) is 18.9. The van der Waals surface area contributed by atoms with Gasteiger partial charge in [-0.2, -0.15) is 0 Å². The lowest BCUT2D eigenvalue weighted by Crippen LogP contribution is -2.34. The van der Waals surface area contributed by atoms with Crippen molar-refractivity contribution in [2.45, 2.75) is 26.2 Å². The molecular weight excluding hydrogens is 510 g/mol. The molecule has 0 aliphatic rings. The van der Waals surface area contributed by atoms with Crippen LogP contribution in [0.2, 0.25) is 5.02 Å². The summed E-state index contributed by atoms with van der Waals surface area (Å²) in [5, 5.41) is 14.4. The van der Waals surface area contributed by atoms with E-state index in [1.165, 1.54) is 11.3 Å². The lowest BCUT2D eigenvalue weighted by molar-refractivity contribution is 0.0331. The second-order valence-electron chi connectivity index (χ2n) is 8.77. The van der Waals surface area contributed by atoms with Crippen molar-refractivity contribution in [1.82, 2.24) is 9.88 Å². The van der Waals surface area contributed by atoms with Gasteiger partial charge in [-0.05, 0) is 42.8 Å². The summed E-state index contributed by atoms with van der Waals surface area (Å²) in [4.78, 5) is 29.6. The van der Waals surface area contributed by atoms with Crippen molar-refractivity contribution in [3.8, 4) is 0 Å². The fraction of sp³-hybridized carbons (Fsp3) is 0.286. The van der Waals surface area contributed by atoms with E-state index >= 15 is 0 Å². The van der Waals surface area contributed by atoms with E-state index in [0.29, 0.717) is 23.5 Å². The number of para-hydroxylation sites is 1. The fourth-order valence-electron chi connectivity index (χ4n) is 4.08. The minimum atomic E-state index is -0.656. The number of fused-ring (bicyclic) bond motifs is 1. The van der Waals surface area contributed by atoms with Crippen LogP contribution in [0.4, 0.5) is 5.69 Å². The van der Waals surface area contributed by atoms with Gasteiger partial charge in [0.2, 0.25) is 5.43 Å². The molecule has 194 valence electrons. The number of benzene rings is 2. The highest BCUT2D eigenvalue weighted by molar-refractivity contribution is 7.18. The topological polar surface area (TPSA) is 83.8 Å². The SMILES string of the molecule is CCN(CC(O)COCc1cc2c(=O)c(C(=O)NCc3ccc(Cl)cc3)cn(C)c2s1)c1ccccc1. The number of anilines is 1. The lowest BCUT2D eigenvalue weighted by Gasteiger charge is -2.25. The molecule has 2 aromatic heterocycles. The Morgan fingerprint density at radius 2 is 1.92 bits per heavy atom. The molecule has 0 radical (unpaired) electrons. The molecule has 2 aromatic carbocycles. The smallest absolute Gasteiger partial charge is 0.257 e. The average Bonchev–Trinajstić information content (AvgIpc) is 3.34. The van der Waals surface area contributed by atoms with Gasteiger partial charge in [0.05, 0.1) is 24.7 Å². The van der Waals surface area contributed by atoms with Gasteiger partial charge in [0, 0.05) is 48.5 Å². The predicted molar refractivity (Wildman–Crippen MR) is 150 cm³/mol. The summed E-state index contributed by atoms with van der Waals surface area (Å²) in [5.41, 5.74) is 1.71. The second-order valence-corrected chi connectivity index (χ2v) is 10.3. The number of aryl methyl sites for hydroxylation is 1. The third-order valence-corrected chi connectivity index (χ3v) is 7.45. The molecule has 1 atom stereocenters. The third-order valence-electron chi connectivity index (χ3n) is 6.00. The number of nitrogens with zero attached hydrogens (tertiary/aromatic N) is 2. The number of pyridine rings is 1. The predicted octanol–water partition coefficient (Wildman–Crippen LogP) is 4.59. The second kappa shape index (κ2) is 12.4. The largest absolute Gasteiger partial charge is 0.389 e. The van der Waals surface area contributed by atoms with Gasteiger partial charge < -0.3 is 24.6 Å². The van der Waals surface area contributed by atoms with E-state index < -0.39 is 12.0 Å². The fourth-order valence-corrected chi connectivity index (χ4v) is 5.23. The van der Waals surface area contributed by atoms with E-state index in [1.54, 1.807) is 29.0 Å². The van der Waals surface area contributed by atoms with E-state index in [-0.39, 0.29) is 24.2 Å². The maximum Gasteiger partial charge on any atom is 0.257 e. The molecule has 0 aliphatic carbocycles. The zero-order valence-corrected chi connectivity index (χ0v) is 22.4. The number of aliphatic hydroxyl groups excluding tert-OH is 1. The molecule has 37 heavy (non-hydrogen) atoms. The Morgan fingerprint density at radius 1 is 1.19 bits per heavy atom. The Kier molecular flexibility index (Phi) is 9.00. The zero-order valence-electron chi connectivity index (χ0n) is 20.8. The number of amides is 1. The summed E-state index contributed by atoms with van der Waals surface area (Å²) < 4.78 is 7.57. The van der Waals surface area contributed by atoms with Gasteiger partial charge in [0.1, 0.15) is 10.4 Å². The highest BCUT2D eigenvalue weighted by atomic mass is 35.5. The minimum Gasteiger partial charge on any atom is -0.389 e. The Balaban J connectivity index is 1.37. The van der Waals surface area contributed by atoms with Gasteiger partial charge in [-0.3, -0.25) is 9.59 Å². The van der Waals surface area contributed by atoms with Gasteiger partial charge >= 0.3 is 0 Å². The Bertz CT molecular complexity index is 1400. The van der Waals surface area contributed by atoms with Crippen LogP contribution in [0.15, 0.2) is 71.7 Å². The van der Waals surface area contributed by atoms with Crippen molar-refractivity contribution < 1.29 is 14.6 Å². The molecular formula is C28H30ClN3O4S. The van der Waals surface area contributed by atoms with Crippen LogP contribution in [0.5, 0.6) is 0 Å². The number of aromatic nitrogens is 1. The number of aliphatic hydroxyl groups is 1. The zero-order chi connectivity index (χ0) is 26.4. The summed E-state index contributed by atoms with van der Waals surface area (Å²) >= 11 is 7.35. The first kappa shape index (κ1) is 26.9. The van der Waals surface area contributed by atoms with E-state index in [0.717, 1.165) is 27.5 Å². The molecule has 9 heteroatoms. The van der Waals surface area contributed by atoms with Crippen molar-refractivity contribution in [1.29, 1.82) is 0 Å². The first-order chi connectivity index (χ1) is 17.9. The number of hydrogen-bond acceptors (Lipinski definition) is 6. The summed E-state index contributed by atoms with van der Waals surface area (Å²) in [6.07, 6.45) is 0.909. The molecule has 0 aliphatic heterocycles. The van der Waals surface area contributed by atoms with E-state index in [2.05, 4.69) is 10.2 Å². The molecule has 7 nitrogen and oxygen atoms in total. The van der Waals surface area contributed by atoms with E-state index in [9.17, 15) is 14.7 Å². The molecule has 4 aromatic rings.